The highest BCUT2D eigenvalue weighted by atomic mass is 35.5. The minimum Gasteiger partial charge on any atom is -0.497 e. The van der Waals surface area contributed by atoms with Crippen LogP contribution in [0, 0.1) is 0 Å². The fourth-order valence-corrected chi connectivity index (χ4v) is 3.46. The maximum Gasteiger partial charge on any atom is 0.119 e. The van der Waals surface area contributed by atoms with E-state index in [1.165, 1.54) is 11.1 Å². The molecular weight excluding hydrogens is 330 g/mol. The number of fused-ring (bicyclic) bond motifs is 2. The van der Waals surface area contributed by atoms with Crippen LogP contribution in [0.15, 0.2) is 66.7 Å². The van der Waals surface area contributed by atoms with Gasteiger partial charge in [-0.15, -0.1) is 0 Å². The molecule has 0 atom stereocenters. The van der Waals surface area contributed by atoms with Crippen molar-refractivity contribution in [1.82, 2.24) is 4.98 Å². The third-order valence-corrected chi connectivity index (χ3v) is 4.80. The van der Waals surface area contributed by atoms with Crippen molar-refractivity contribution in [3.05, 3.63) is 82.9 Å². The summed E-state index contributed by atoms with van der Waals surface area (Å²) >= 11 is 6.18. The van der Waals surface area contributed by atoms with Crippen LogP contribution in [0.5, 0.6) is 5.75 Å². The monoisotopic (exact) mass is 347 g/mol. The number of rotatable bonds is 4. The summed E-state index contributed by atoms with van der Waals surface area (Å²) in [6.45, 7) is 0. The number of hydrogen-bond acceptors (Lipinski definition) is 2. The van der Waals surface area contributed by atoms with E-state index in [-0.39, 0.29) is 0 Å². The van der Waals surface area contributed by atoms with Crippen LogP contribution in [0.25, 0.3) is 21.8 Å². The van der Waals surface area contributed by atoms with E-state index in [4.69, 9.17) is 21.3 Å². The number of nitrogens with zero attached hydrogens (tertiary/aromatic N) is 1. The summed E-state index contributed by atoms with van der Waals surface area (Å²) in [7, 11) is 1.69. The molecule has 3 aromatic carbocycles. The fraction of sp³-hybridized carbons (Fsp3) is 0.136. The van der Waals surface area contributed by atoms with Crippen molar-refractivity contribution in [1.29, 1.82) is 0 Å². The van der Waals surface area contributed by atoms with E-state index < -0.39 is 0 Å². The normalized spacial score (nSPS) is 11.1. The second-order valence-corrected chi connectivity index (χ2v) is 6.56. The predicted molar refractivity (Wildman–Crippen MR) is 105 cm³/mol. The molecule has 0 amide bonds. The molecule has 3 heteroatoms. The Morgan fingerprint density at radius 1 is 0.840 bits per heavy atom. The van der Waals surface area contributed by atoms with Crippen LogP contribution in [0.3, 0.4) is 0 Å². The standard InChI is InChI=1S/C22H18ClNO/c1-25-17-9-12-21-20(14-17)18(10-7-15-5-3-2-4-6-15)19-11-8-16(23)13-22(19)24-21/h2-6,8-9,11-14H,7,10H2,1H3. The third kappa shape index (κ3) is 3.18. The minimum absolute atomic E-state index is 0.710. The Morgan fingerprint density at radius 2 is 1.68 bits per heavy atom. The number of benzene rings is 3. The molecule has 0 unspecified atom stereocenters. The fourth-order valence-electron chi connectivity index (χ4n) is 3.29. The van der Waals surface area contributed by atoms with Gasteiger partial charge in [-0.25, -0.2) is 4.98 Å². The van der Waals surface area contributed by atoms with E-state index in [1.807, 2.05) is 30.3 Å². The maximum atomic E-state index is 6.18. The van der Waals surface area contributed by atoms with Crippen molar-refractivity contribution in [2.75, 3.05) is 7.11 Å². The molecule has 25 heavy (non-hydrogen) atoms. The number of halogens is 1. The molecule has 0 N–H and O–H groups in total. The first-order valence-electron chi connectivity index (χ1n) is 8.34. The van der Waals surface area contributed by atoms with Gasteiger partial charge in [-0.3, -0.25) is 0 Å². The topological polar surface area (TPSA) is 22.1 Å². The van der Waals surface area contributed by atoms with E-state index in [0.29, 0.717) is 5.02 Å². The summed E-state index contributed by atoms with van der Waals surface area (Å²) < 4.78 is 5.42. The zero-order valence-electron chi connectivity index (χ0n) is 14.0. The van der Waals surface area contributed by atoms with Gasteiger partial charge in [-0.05, 0) is 54.3 Å². The van der Waals surface area contributed by atoms with Gasteiger partial charge in [-0.1, -0.05) is 48.0 Å². The quantitative estimate of drug-likeness (QED) is 0.433. The molecule has 0 saturated carbocycles. The molecule has 4 rings (SSSR count). The Morgan fingerprint density at radius 3 is 2.48 bits per heavy atom. The van der Waals surface area contributed by atoms with Gasteiger partial charge in [-0.2, -0.15) is 0 Å². The van der Waals surface area contributed by atoms with E-state index in [2.05, 4.69) is 36.4 Å². The number of ether oxygens (including phenoxy) is 1. The minimum atomic E-state index is 0.710. The van der Waals surface area contributed by atoms with Gasteiger partial charge < -0.3 is 4.74 Å². The molecule has 0 radical (unpaired) electrons. The van der Waals surface area contributed by atoms with Crippen LogP contribution in [0.1, 0.15) is 11.1 Å². The highest BCUT2D eigenvalue weighted by Gasteiger charge is 2.11. The number of hydrogen-bond donors (Lipinski definition) is 0. The molecule has 124 valence electrons. The van der Waals surface area contributed by atoms with Crippen molar-refractivity contribution in [3.63, 3.8) is 0 Å². The molecule has 1 aromatic heterocycles. The van der Waals surface area contributed by atoms with Crippen LogP contribution in [-0.2, 0) is 12.8 Å². The SMILES string of the molecule is COc1ccc2nc3cc(Cl)ccc3c(CCc3ccccc3)c2c1. The Balaban J connectivity index is 1.89. The largest absolute Gasteiger partial charge is 0.497 e. The average molecular weight is 348 g/mol. The van der Waals surface area contributed by atoms with Gasteiger partial charge in [0.05, 0.1) is 18.1 Å². The number of methoxy groups -OCH3 is 1. The summed E-state index contributed by atoms with van der Waals surface area (Å²) in [4.78, 5) is 4.79. The van der Waals surface area contributed by atoms with E-state index in [1.54, 1.807) is 7.11 Å². The van der Waals surface area contributed by atoms with Crippen molar-refractivity contribution in [3.8, 4) is 5.75 Å². The Labute approximate surface area is 152 Å². The van der Waals surface area contributed by atoms with Gasteiger partial charge in [0, 0.05) is 15.8 Å². The molecule has 0 saturated heterocycles. The van der Waals surface area contributed by atoms with Crippen LogP contribution in [0.2, 0.25) is 5.02 Å². The Hall–Kier alpha value is -2.58. The summed E-state index contributed by atoms with van der Waals surface area (Å²) in [5.74, 6) is 0.851. The first kappa shape index (κ1) is 15.9. The van der Waals surface area contributed by atoms with Crippen LogP contribution in [0.4, 0.5) is 0 Å². The highest BCUT2D eigenvalue weighted by molar-refractivity contribution is 6.31. The van der Waals surface area contributed by atoms with Gasteiger partial charge in [0.15, 0.2) is 0 Å². The lowest BCUT2D eigenvalue weighted by Crippen LogP contribution is -1.97. The van der Waals surface area contributed by atoms with Gasteiger partial charge in [0.2, 0.25) is 0 Å². The third-order valence-electron chi connectivity index (χ3n) is 4.56. The van der Waals surface area contributed by atoms with Gasteiger partial charge >= 0.3 is 0 Å². The van der Waals surface area contributed by atoms with Crippen LogP contribution < -0.4 is 4.74 Å². The molecule has 1 heterocycles. The van der Waals surface area contributed by atoms with Crippen LogP contribution in [-0.4, -0.2) is 12.1 Å². The molecule has 0 spiro atoms. The maximum absolute atomic E-state index is 6.18. The van der Waals surface area contributed by atoms with Crippen molar-refractivity contribution < 1.29 is 4.74 Å². The molecule has 0 aliphatic carbocycles. The number of pyridine rings is 1. The summed E-state index contributed by atoms with van der Waals surface area (Å²) in [5.41, 5.74) is 4.53. The highest BCUT2D eigenvalue weighted by Crippen LogP contribution is 2.31. The second-order valence-electron chi connectivity index (χ2n) is 6.12. The van der Waals surface area contributed by atoms with Gasteiger partial charge in [0.25, 0.3) is 0 Å². The first-order valence-corrected chi connectivity index (χ1v) is 8.72. The lowest BCUT2D eigenvalue weighted by Gasteiger charge is -2.12. The lowest BCUT2D eigenvalue weighted by atomic mass is 9.96. The number of aryl methyl sites for hydroxylation is 2. The molecule has 4 aromatic rings. The molecule has 2 nitrogen and oxygen atoms in total. The summed E-state index contributed by atoms with van der Waals surface area (Å²) in [6, 6.07) is 22.5. The van der Waals surface area contributed by atoms with E-state index >= 15 is 0 Å². The average Bonchev–Trinajstić information content (AvgIpc) is 2.65. The molecule has 0 fully saturated rings. The first-order chi connectivity index (χ1) is 12.2. The van der Waals surface area contributed by atoms with Crippen molar-refractivity contribution in [2.24, 2.45) is 0 Å². The summed E-state index contributed by atoms with van der Waals surface area (Å²) in [5, 5.41) is 3.01. The lowest BCUT2D eigenvalue weighted by molar-refractivity contribution is 0.415. The number of aromatic nitrogens is 1. The smallest absolute Gasteiger partial charge is 0.119 e. The second kappa shape index (κ2) is 6.73. The van der Waals surface area contributed by atoms with E-state index in [9.17, 15) is 0 Å². The van der Waals surface area contributed by atoms with Crippen molar-refractivity contribution >= 4 is 33.4 Å². The van der Waals surface area contributed by atoms with E-state index in [0.717, 1.165) is 40.4 Å². The zero-order valence-corrected chi connectivity index (χ0v) is 14.8. The van der Waals surface area contributed by atoms with Gasteiger partial charge in [0.1, 0.15) is 5.75 Å². The predicted octanol–water partition coefficient (Wildman–Crippen LogP) is 5.84. The zero-order chi connectivity index (χ0) is 17.2. The van der Waals surface area contributed by atoms with Crippen molar-refractivity contribution in [2.45, 2.75) is 12.8 Å². The van der Waals surface area contributed by atoms with Crippen LogP contribution >= 0.6 is 11.6 Å². The summed E-state index contributed by atoms with van der Waals surface area (Å²) in [6.07, 6.45) is 1.92. The molecular formula is C22H18ClNO. The Kier molecular flexibility index (Phi) is 4.29. The molecule has 0 aliphatic rings. The molecule has 0 bridgehead atoms. The molecule has 0 aliphatic heterocycles. The Bertz CT molecular complexity index is 1040.